The van der Waals surface area contributed by atoms with Crippen LogP contribution in [0, 0.1) is 6.92 Å². The number of thiazole rings is 1. The monoisotopic (exact) mass is 373 g/mol. The van der Waals surface area contributed by atoms with E-state index in [9.17, 15) is 4.79 Å². The van der Waals surface area contributed by atoms with Gasteiger partial charge in [0.1, 0.15) is 12.4 Å². The van der Waals surface area contributed by atoms with E-state index in [4.69, 9.17) is 4.74 Å². The third-order valence-corrected chi connectivity index (χ3v) is 6.05. The van der Waals surface area contributed by atoms with Gasteiger partial charge in [-0.15, -0.1) is 11.3 Å². The molecular formula is C20H27N3O2S. The lowest BCUT2D eigenvalue weighted by atomic mass is 9.96. The summed E-state index contributed by atoms with van der Waals surface area (Å²) >= 11 is 1.62. The molecule has 0 atom stereocenters. The summed E-state index contributed by atoms with van der Waals surface area (Å²) in [5.41, 5.74) is 1.69. The van der Waals surface area contributed by atoms with E-state index in [1.165, 1.54) is 12.8 Å². The van der Waals surface area contributed by atoms with Crippen molar-refractivity contribution >= 4 is 17.2 Å². The molecule has 3 rings (SSSR count). The highest BCUT2D eigenvalue weighted by atomic mass is 32.1. The number of rotatable bonds is 7. The third-order valence-electron chi connectivity index (χ3n) is 5.23. The molecule has 0 saturated heterocycles. The average Bonchev–Trinajstić information content (AvgIpc) is 3.28. The molecule has 1 aliphatic rings. The van der Waals surface area contributed by atoms with E-state index in [0.29, 0.717) is 18.7 Å². The molecule has 6 heteroatoms. The fourth-order valence-electron chi connectivity index (χ4n) is 3.50. The molecule has 5 nitrogen and oxygen atoms in total. The first kappa shape index (κ1) is 18.9. The molecule has 0 spiro atoms. The molecular weight excluding hydrogens is 346 g/mol. The Balaban J connectivity index is 1.53. The zero-order valence-corrected chi connectivity index (χ0v) is 16.6. The van der Waals surface area contributed by atoms with Crippen LogP contribution in [0.2, 0.25) is 0 Å². The van der Waals surface area contributed by atoms with Gasteiger partial charge in [0.25, 0.3) is 5.91 Å². The first-order chi connectivity index (χ1) is 12.5. The fraction of sp³-hybridized carbons (Fsp3) is 0.500. The standard InChI is InChI=1S/C20H27N3O2S/c1-15-22-17(13-26-15)12-25-18-8-6-16(7-9-18)19(24)21-14-20(23(2)3)10-4-5-11-20/h6-9,13H,4-5,10-12,14H2,1-3H3,(H,21,24). The Morgan fingerprint density at radius 1 is 1.27 bits per heavy atom. The summed E-state index contributed by atoms with van der Waals surface area (Å²) in [6.45, 7) is 3.12. The Hall–Kier alpha value is -1.92. The van der Waals surface area contributed by atoms with Crippen LogP contribution in [0.5, 0.6) is 5.75 Å². The molecule has 140 valence electrons. The normalized spacial score (nSPS) is 16.0. The van der Waals surface area contributed by atoms with Crippen LogP contribution in [-0.2, 0) is 6.61 Å². The van der Waals surface area contributed by atoms with Crippen molar-refractivity contribution in [2.75, 3.05) is 20.6 Å². The molecule has 1 saturated carbocycles. The minimum Gasteiger partial charge on any atom is -0.487 e. The van der Waals surface area contributed by atoms with Crippen molar-refractivity contribution in [3.63, 3.8) is 0 Å². The maximum Gasteiger partial charge on any atom is 0.251 e. The van der Waals surface area contributed by atoms with Gasteiger partial charge in [0, 0.05) is 23.0 Å². The summed E-state index contributed by atoms with van der Waals surface area (Å²) < 4.78 is 5.73. The van der Waals surface area contributed by atoms with Crippen molar-refractivity contribution in [1.29, 1.82) is 0 Å². The molecule has 1 aromatic carbocycles. The molecule has 0 unspecified atom stereocenters. The van der Waals surface area contributed by atoms with Gasteiger partial charge in [0.2, 0.25) is 0 Å². The smallest absolute Gasteiger partial charge is 0.251 e. The molecule has 1 aromatic heterocycles. The van der Waals surface area contributed by atoms with Gasteiger partial charge in [-0.05, 0) is 58.1 Å². The van der Waals surface area contributed by atoms with Gasteiger partial charge in [0.05, 0.1) is 10.7 Å². The number of amides is 1. The van der Waals surface area contributed by atoms with Gasteiger partial charge in [0.15, 0.2) is 0 Å². The second-order valence-corrected chi connectivity index (χ2v) is 8.24. The topological polar surface area (TPSA) is 54.5 Å². The number of aryl methyl sites for hydroxylation is 1. The largest absolute Gasteiger partial charge is 0.487 e. The molecule has 2 aromatic rings. The van der Waals surface area contributed by atoms with Crippen LogP contribution in [0.4, 0.5) is 0 Å². The van der Waals surface area contributed by atoms with E-state index >= 15 is 0 Å². The van der Waals surface area contributed by atoms with E-state index < -0.39 is 0 Å². The van der Waals surface area contributed by atoms with Gasteiger partial charge in [-0.3, -0.25) is 4.79 Å². The van der Waals surface area contributed by atoms with Gasteiger partial charge in [-0.2, -0.15) is 0 Å². The first-order valence-corrected chi connectivity index (χ1v) is 9.96. The zero-order chi connectivity index (χ0) is 18.6. The predicted molar refractivity (Wildman–Crippen MR) is 105 cm³/mol. The highest BCUT2D eigenvalue weighted by Crippen LogP contribution is 2.33. The lowest BCUT2D eigenvalue weighted by Crippen LogP contribution is -2.50. The molecule has 0 aliphatic heterocycles. The number of benzene rings is 1. The number of carbonyl (C=O) groups is 1. The van der Waals surface area contributed by atoms with E-state index in [2.05, 4.69) is 29.3 Å². The van der Waals surface area contributed by atoms with Crippen molar-refractivity contribution in [2.45, 2.75) is 44.8 Å². The van der Waals surface area contributed by atoms with Crippen LogP contribution in [0.25, 0.3) is 0 Å². The third kappa shape index (κ3) is 4.43. The van der Waals surface area contributed by atoms with Crippen LogP contribution in [0.15, 0.2) is 29.6 Å². The van der Waals surface area contributed by atoms with Crippen molar-refractivity contribution < 1.29 is 9.53 Å². The minimum atomic E-state index is -0.0280. The number of nitrogens with one attached hydrogen (secondary N) is 1. The minimum absolute atomic E-state index is 0.0280. The molecule has 1 aliphatic carbocycles. The summed E-state index contributed by atoms with van der Waals surface area (Å²) in [5.74, 6) is 0.715. The average molecular weight is 374 g/mol. The predicted octanol–water partition coefficient (Wildman–Crippen LogP) is 3.63. The highest BCUT2D eigenvalue weighted by Gasteiger charge is 2.36. The summed E-state index contributed by atoms with van der Waals surface area (Å²) in [5, 5.41) is 6.15. The molecule has 1 heterocycles. The fourth-order valence-corrected chi connectivity index (χ4v) is 4.09. The summed E-state index contributed by atoms with van der Waals surface area (Å²) in [7, 11) is 4.21. The molecule has 0 bridgehead atoms. The Morgan fingerprint density at radius 3 is 2.54 bits per heavy atom. The summed E-state index contributed by atoms with van der Waals surface area (Å²) in [4.78, 5) is 19.1. The van der Waals surface area contributed by atoms with Crippen LogP contribution in [-0.4, -0.2) is 42.0 Å². The number of likely N-dealkylation sites (N-methyl/N-ethyl adjacent to an activating group) is 1. The number of aromatic nitrogens is 1. The maximum atomic E-state index is 12.5. The lowest BCUT2D eigenvalue weighted by Gasteiger charge is -2.36. The zero-order valence-electron chi connectivity index (χ0n) is 15.7. The molecule has 1 N–H and O–H groups in total. The number of nitrogens with zero attached hydrogens (tertiary/aromatic N) is 2. The van der Waals surface area contributed by atoms with E-state index in [0.717, 1.165) is 29.3 Å². The van der Waals surface area contributed by atoms with E-state index in [-0.39, 0.29) is 11.4 Å². The van der Waals surface area contributed by atoms with Gasteiger partial charge in [-0.25, -0.2) is 4.98 Å². The second-order valence-electron chi connectivity index (χ2n) is 7.18. The molecule has 26 heavy (non-hydrogen) atoms. The van der Waals surface area contributed by atoms with Crippen molar-refractivity contribution in [1.82, 2.24) is 15.2 Å². The van der Waals surface area contributed by atoms with Crippen LogP contribution in [0.1, 0.15) is 46.7 Å². The second kappa shape index (κ2) is 8.18. The molecule has 0 radical (unpaired) electrons. The van der Waals surface area contributed by atoms with Gasteiger partial charge >= 0.3 is 0 Å². The Bertz CT molecular complexity index is 734. The molecule has 1 amide bonds. The molecule has 1 fully saturated rings. The van der Waals surface area contributed by atoms with E-state index in [1.807, 2.05) is 36.6 Å². The summed E-state index contributed by atoms with van der Waals surface area (Å²) in [6, 6.07) is 7.30. The summed E-state index contributed by atoms with van der Waals surface area (Å²) in [6.07, 6.45) is 4.75. The van der Waals surface area contributed by atoms with Gasteiger partial charge in [-0.1, -0.05) is 12.8 Å². The van der Waals surface area contributed by atoms with Crippen molar-refractivity contribution in [2.24, 2.45) is 0 Å². The number of hydrogen-bond donors (Lipinski definition) is 1. The first-order valence-electron chi connectivity index (χ1n) is 9.08. The van der Waals surface area contributed by atoms with Crippen LogP contribution < -0.4 is 10.1 Å². The van der Waals surface area contributed by atoms with E-state index in [1.54, 1.807) is 11.3 Å². The Morgan fingerprint density at radius 2 is 1.96 bits per heavy atom. The van der Waals surface area contributed by atoms with Crippen LogP contribution >= 0.6 is 11.3 Å². The SMILES string of the molecule is Cc1nc(COc2ccc(C(=O)NCC3(N(C)C)CCCC3)cc2)cs1. The quantitative estimate of drug-likeness (QED) is 0.805. The van der Waals surface area contributed by atoms with Crippen molar-refractivity contribution in [3.05, 3.63) is 45.9 Å². The lowest BCUT2D eigenvalue weighted by molar-refractivity contribution is 0.0900. The Kier molecular flexibility index (Phi) is 5.94. The number of hydrogen-bond acceptors (Lipinski definition) is 5. The van der Waals surface area contributed by atoms with Crippen LogP contribution in [0.3, 0.4) is 0 Å². The highest BCUT2D eigenvalue weighted by molar-refractivity contribution is 7.09. The maximum absolute atomic E-state index is 12.5. The number of ether oxygens (including phenoxy) is 1. The van der Waals surface area contributed by atoms with Gasteiger partial charge < -0.3 is 15.0 Å². The van der Waals surface area contributed by atoms with Crippen molar-refractivity contribution in [3.8, 4) is 5.75 Å². The number of carbonyl (C=O) groups excluding carboxylic acids is 1. The Labute approximate surface area is 159 Å².